The Balaban J connectivity index is 1.92. The largest absolute Gasteiger partial charge is 0.375 e. The minimum atomic E-state index is 0.173. The first-order valence-corrected chi connectivity index (χ1v) is 6.24. The van der Waals surface area contributed by atoms with Crippen molar-refractivity contribution in [3.8, 4) is 0 Å². The van der Waals surface area contributed by atoms with Gasteiger partial charge in [-0.05, 0) is 19.9 Å². The van der Waals surface area contributed by atoms with Crippen molar-refractivity contribution in [2.45, 2.75) is 26.4 Å². The highest BCUT2D eigenvalue weighted by atomic mass is 16.5. The summed E-state index contributed by atoms with van der Waals surface area (Å²) in [5.41, 5.74) is 2.08. The maximum atomic E-state index is 5.70. The Labute approximate surface area is 105 Å². The standard InChI is InChI=1S/C12H17N5O/c1-8-5-9(2)17-11(15-16-12(17)14-8)6-10-7-13-3-4-18-10/h5,10,13H,3-4,6-7H2,1-2H3. The fourth-order valence-corrected chi connectivity index (χ4v) is 2.38. The van der Waals surface area contributed by atoms with E-state index >= 15 is 0 Å². The molecular formula is C12H17N5O. The molecule has 0 saturated carbocycles. The molecule has 6 heteroatoms. The van der Waals surface area contributed by atoms with Gasteiger partial charge in [0, 0.05) is 30.9 Å². The Hall–Kier alpha value is -1.53. The molecule has 0 amide bonds. The lowest BCUT2D eigenvalue weighted by Crippen LogP contribution is -2.40. The summed E-state index contributed by atoms with van der Waals surface area (Å²) in [6, 6.07) is 2.04. The number of aryl methyl sites for hydroxylation is 2. The van der Waals surface area contributed by atoms with Crippen molar-refractivity contribution in [2.24, 2.45) is 0 Å². The highest BCUT2D eigenvalue weighted by Crippen LogP contribution is 2.11. The fraction of sp³-hybridized carbons (Fsp3) is 0.583. The summed E-state index contributed by atoms with van der Waals surface area (Å²) in [6.07, 6.45) is 0.937. The quantitative estimate of drug-likeness (QED) is 0.825. The van der Waals surface area contributed by atoms with Crippen LogP contribution in [-0.2, 0) is 11.2 Å². The summed E-state index contributed by atoms with van der Waals surface area (Å²) < 4.78 is 7.70. The van der Waals surface area contributed by atoms with Crippen molar-refractivity contribution < 1.29 is 4.74 Å². The third kappa shape index (κ3) is 2.09. The van der Waals surface area contributed by atoms with Crippen molar-refractivity contribution in [3.63, 3.8) is 0 Å². The van der Waals surface area contributed by atoms with Crippen LogP contribution >= 0.6 is 0 Å². The van der Waals surface area contributed by atoms with Crippen molar-refractivity contribution in [1.82, 2.24) is 24.9 Å². The molecule has 0 aliphatic carbocycles. The molecule has 2 aromatic heterocycles. The van der Waals surface area contributed by atoms with Gasteiger partial charge in [-0.2, -0.15) is 0 Å². The van der Waals surface area contributed by atoms with E-state index in [1.807, 2.05) is 17.4 Å². The summed E-state index contributed by atoms with van der Waals surface area (Å²) in [5.74, 6) is 1.59. The zero-order chi connectivity index (χ0) is 12.5. The van der Waals surface area contributed by atoms with Crippen LogP contribution in [0.3, 0.4) is 0 Å². The van der Waals surface area contributed by atoms with E-state index in [0.29, 0.717) is 5.78 Å². The second-order valence-electron chi connectivity index (χ2n) is 4.69. The molecule has 2 aromatic rings. The Bertz CT molecular complexity index is 559. The highest BCUT2D eigenvalue weighted by Gasteiger charge is 2.18. The smallest absolute Gasteiger partial charge is 0.255 e. The van der Waals surface area contributed by atoms with E-state index in [1.54, 1.807) is 0 Å². The van der Waals surface area contributed by atoms with Crippen LogP contribution in [0.4, 0.5) is 0 Å². The molecule has 18 heavy (non-hydrogen) atoms. The van der Waals surface area contributed by atoms with Crippen molar-refractivity contribution in [2.75, 3.05) is 19.7 Å². The maximum absolute atomic E-state index is 5.70. The molecule has 0 radical (unpaired) electrons. The van der Waals surface area contributed by atoms with Crippen LogP contribution in [0.1, 0.15) is 17.2 Å². The normalized spacial score (nSPS) is 20.4. The van der Waals surface area contributed by atoms with E-state index in [2.05, 4.69) is 27.4 Å². The molecule has 3 heterocycles. The number of nitrogens with zero attached hydrogens (tertiary/aromatic N) is 4. The predicted molar refractivity (Wildman–Crippen MR) is 66.6 cm³/mol. The number of morpholine rings is 1. The second kappa shape index (κ2) is 4.62. The topological polar surface area (TPSA) is 64.3 Å². The number of nitrogens with one attached hydrogen (secondary N) is 1. The molecular weight excluding hydrogens is 230 g/mol. The number of ether oxygens (including phenoxy) is 1. The lowest BCUT2D eigenvalue weighted by Gasteiger charge is -2.22. The summed E-state index contributed by atoms with van der Waals surface area (Å²) in [4.78, 5) is 4.38. The molecule has 1 N–H and O–H groups in total. The Morgan fingerprint density at radius 2 is 2.33 bits per heavy atom. The van der Waals surface area contributed by atoms with E-state index in [9.17, 15) is 0 Å². The molecule has 1 aliphatic heterocycles. The first-order valence-electron chi connectivity index (χ1n) is 6.24. The van der Waals surface area contributed by atoms with Crippen LogP contribution in [0.25, 0.3) is 5.78 Å². The summed E-state index contributed by atoms with van der Waals surface area (Å²) in [7, 11) is 0. The first kappa shape index (κ1) is 11.6. The number of fused-ring (bicyclic) bond motifs is 1. The van der Waals surface area contributed by atoms with Gasteiger partial charge in [0.25, 0.3) is 5.78 Å². The molecule has 0 spiro atoms. The van der Waals surface area contributed by atoms with Crippen LogP contribution in [0.2, 0.25) is 0 Å². The van der Waals surface area contributed by atoms with E-state index < -0.39 is 0 Å². The van der Waals surface area contributed by atoms with Crippen molar-refractivity contribution in [3.05, 3.63) is 23.3 Å². The van der Waals surface area contributed by atoms with E-state index in [1.165, 1.54) is 0 Å². The maximum Gasteiger partial charge on any atom is 0.255 e. The van der Waals surface area contributed by atoms with Gasteiger partial charge < -0.3 is 10.1 Å². The molecule has 1 atom stereocenters. The zero-order valence-corrected chi connectivity index (χ0v) is 10.7. The van der Waals surface area contributed by atoms with Gasteiger partial charge in [0.1, 0.15) is 5.82 Å². The van der Waals surface area contributed by atoms with Gasteiger partial charge in [-0.1, -0.05) is 0 Å². The minimum Gasteiger partial charge on any atom is -0.375 e. The molecule has 0 aromatic carbocycles. The lowest BCUT2D eigenvalue weighted by molar-refractivity contribution is 0.0279. The average Bonchev–Trinajstić information content (AvgIpc) is 2.73. The zero-order valence-electron chi connectivity index (χ0n) is 10.7. The second-order valence-corrected chi connectivity index (χ2v) is 4.69. The van der Waals surface area contributed by atoms with Gasteiger partial charge in [0.05, 0.1) is 12.7 Å². The fourth-order valence-electron chi connectivity index (χ4n) is 2.38. The van der Waals surface area contributed by atoms with E-state index in [0.717, 1.165) is 43.3 Å². The lowest BCUT2D eigenvalue weighted by atomic mass is 10.2. The molecule has 3 rings (SSSR count). The van der Waals surface area contributed by atoms with E-state index in [4.69, 9.17) is 4.74 Å². The number of rotatable bonds is 2. The van der Waals surface area contributed by atoms with Crippen LogP contribution < -0.4 is 5.32 Å². The third-order valence-electron chi connectivity index (χ3n) is 3.17. The molecule has 1 fully saturated rings. The van der Waals surface area contributed by atoms with Gasteiger partial charge in [0.15, 0.2) is 0 Å². The van der Waals surface area contributed by atoms with Crippen LogP contribution in [-0.4, -0.2) is 45.4 Å². The average molecular weight is 247 g/mol. The Morgan fingerprint density at radius 3 is 3.11 bits per heavy atom. The van der Waals surface area contributed by atoms with Crippen LogP contribution in [0.15, 0.2) is 6.07 Å². The van der Waals surface area contributed by atoms with Crippen LogP contribution in [0, 0.1) is 13.8 Å². The van der Waals surface area contributed by atoms with Gasteiger partial charge in [-0.15, -0.1) is 10.2 Å². The van der Waals surface area contributed by atoms with Crippen molar-refractivity contribution in [1.29, 1.82) is 0 Å². The van der Waals surface area contributed by atoms with Crippen LogP contribution in [0.5, 0.6) is 0 Å². The summed E-state index contributed by atoms with van der Waals surface area (Å²) in [5, 5.41) is 11.7. The monoisotopic (exact) mass is 247 g/mol. The Morgan fingerprint density at radius 1 is 1.44 bits per heavy atom. The molecule has 1 aliphatic rings. The van der Waals surface area contributed by atoms with Crippen molar-refractivity contribution >= 4 is 5.78 Å². The molecule has 0 bridgehead atoms. The highest BCUT2D eigenvalue weighted by molar-refractivity contribution is 5.32. The SMILES string of the molecule is Cc1cc(C)n2c(CC3CNCCO3)nnc2n1. The number of hydrogen-bond acceptors (Lipinski definition) is 5. The Kier molecular flexibility index (Phi) is 2.97. The summed E-state index contributed by atoms with van der Waals surface area (Å²) >= 11 is 0. The van der Waals surface area contributed by atoms with Gasteiger partial charge >= 0.3 is 0 Å². The number of hydrogen-bond donors (Lipinski definition) is 1. The first-order chi connectivity index (χ1) is 8.74. The van der Waals surface area contributed by atoms with E-state index in [-0.39, 0.29) is 6.10 Å². The third-order valence-corrected chi connectivity index (χ3v) is 3.17. The van der Waals surface area contributed by atoms with Gasteiger partial charge in [0.2, 0.25) is 0 Å². The molecule has 1 unspecified atom stereocenters. The minimum absolute atomic E-state index is 0.173. The number of aromatic nitrogens is 4. The van der Waals surface area contributed by atoms with Gasteiger partial charge in [-0.3, -0.25) is 4.40 Å². The summed E-state index contributed by atoms with van der Waals surface area (Å²) in [6.45, 7) is 6.58. The molecule has 6 nitrogen and oxygen atoms in total. The van der Waals surface area contributed by atoms with Gasteiger partial charge in [-0.25, -0.2) is 4.98 Å². The molecule has 1 saturated heterocycles. The predicted octanol–water partition coefficient (Wildman–Crippen LogP) is 0.272. The molecule has 96 valence electrons.